The van der Waals surface area contributed by atoms with Gasteiger partial charge < -0.3 is 10.1 Å². The van der Waals surface area contributed by atoms with E-state index in [2.05, 4.69) is 10.0 Å². The summed E-state index contributed by atoms with van der Waals surface area (Å²) in [5.74, 6) is -0.514. The number of fused-ring (bicyclic) bond motifs is 1. The molecule has 0 atom stereocenters. The van der Waals surface area contributed by atoms with E-state index in [0.717, 1.165) is 11.6 Å². The maximum Gasteiger partial charge on any atom is 0.265 e. The number of carbonyl (C=O) groups is 1. The molecule has 0 bridgehead atoms. The van der Waals surface area contributed by atoms with E-state index in [-0.39, 0.29) is 33.6 Å². The van der Waals surface area contributed by atoms with Crippen LogP contribution in [-0.2, 0) is 24.7 Å². The Morgan fingerprint density at radius 1 is 1.10 bits per heavy atom. The molecule has 0 fully saturated rings. The quantitative estimate of drug-likeness (QED) is 0.716. The van der Waals surface area contributed by atoms with Crippen LogP contribution in [0.3, 0.4) is 0 Å². The van der Waals surface area contributed by atoms with Crippen LogP contribution in [0, 0.1) is 0 Å². The zero-order valence-corrected chi connectivity index (χ0v) is 17.9. The van der Waals surface area contributed by atoms with Crippen LogP contribution in [0.25, 0.3) is 0 Å². The molecule has 2 aromatic carbocycles. The van der Waals surface area contributed by atoms with E-state index in [1.165, 1.54) is 13.0 Å². The van der Waals surface area contributed by atoms with Crippen LogP contribution in [0.2, 0.25) is 0 Å². The molecule has 1 heterocycles. The summed E-state index contributed by atoms with van der Waals surface area (Å²) in [6.07, 6.45) is 0. The number of hydrogen-bond donors (Lipinski definition) is 2. The minimum Gasteiger partial charge on any atom is -0.480 e. The van der Waals surface area contributed by atoms with Crippen molar-refractivity contribution in [3.8, 4) is 5.75 Å². The van der Waals surface area contributed by atoms with Crippen molar-refractivity contribution < 1.29 is 26.4 Å². The summed E-state index contributed by atoms with van der Waals surface area (Å²) >= 11 is 0. The van der Waals surface area contributed by atoms with E-state index in [9.17, 15) is 21.6 Å². The maximum atomic E-state index is 13.0. The first-order chi connectivity index (χ1) is 13.5. The fourth-order valence-electron chi connectivity index (χ4n) is 2.83. The average molecular weight is 439 g/mol. The fourth-order valence-corrected chi connectivity index (χ4v) is 5.09. The number of hydrogen-bond acceptors (Lipinski definition) is 6. The summed E-state index contributed by atoms with van der Waals surface area (Å²) in [5, 5.41) is 2.47. The number of benzene rings is 2. The second kappa shape index (κ2) is 7.68. The van der Waals surface area contributed by atoms with Gasteiger partial charge in [0.25, 0.3) is 15.9 Å². The maximum absolute atomic E-state index is 13.0. The predicted octanol–water partition coefficient (Wildman–Crippen LogP) is 2.74. The van der Waals surface area contributed by atoms with Crippen LogP contribution < -0.4 is 14.8 Å². The molecule has 1 amide bonds. The Morgan fingerprint density at radius 2 is 1.76 bits per heavy atom. The molecule has 1 aliphatic rings. The Hall–Kier alpha value is -2.59. The molecule has 1 aliphatic heterocycles. The highest BCUT2D eigenvalue weighted by Crippen LogP contribution is 2.38. The van der Waals surface area contributed by atoms with Crippen molar-refractivity contribution in [3.05, 3.63) is 42.0 Å². The van der Waals surface area contributed by atoms with Crippen molar-refractivity contribution in [2.75, 3.05) is 22.4 Å². The van der Waals surface area contributed by atoms with E-state index in [4.69, 9.17) is 4.74 Å². The summed E-state index contributed by atoms with van der Waals surface area (Å²) < 4.78 is 58.5. The lowest BCUT2D eigenvalue weighted by molar-refractivity contribution is -0.118. The molecule has 2 aromatic rings. The number of ether oxygens (including phenoxy) is 1. The fraction of sp³-hybridized carbons (Fsp3) is 0.316. The van der Waals surface area contributed by atoms with Gasteiger partial charge in [-0.3, -0.25) is 9.52 Å². The Labute approximate surface area is 170 Å². The van der Waals surface area contributed by atoms with Gasteiger partial charge in [-0.1, -0.05) is 32.9 Å². The number of sulfone groups is 1. The number of carbonyl (C=O) groups excluding carboxylic acids is 1. The molecule has 3 rings (SSSR count). The minimum atomic E-state index is -4.19. The third kappa shape index (κ3) is 4.38. The summed E-state index contributed by atoms with van der Waals surface area (Å²) in [7, 11) is -7.91. The smallest absolute Gasteiger partial charge is 0.265 e. The van der Waals surface area contributed by atoms with Gasteiger partial charge in [-0.15, -0.1) is 0 Å². The minimum absolute atomic E-state index is 0.00584. The average Bonchev–Trinajstić information content (AvgIpc) is 2.66. The Morgan fingerprint density at radius 3 is 2.34 bits per heavy atom. The largest absolute Gasteiger partial charge is 0.480 e. The van der Waals surface area contributed by atoms with Gasteiger partial charge in [-0.25, -0.2) is 16.8 Å². The Kier molecular flexibility index (Phi) is 5.59. The monoisotopic (exact) mass is 438 g/mol. The first-order valence-electron chi connectivity index (χ1n) is 8.99. The van der Waals surface area contributed by atoms with E-state index < -0.39 is 25.8 Å². The molecule has 0 saturated heterocycles. The van der Waals surface area contributed by atoms with Gasteiger partial charge in [0.05, 0.1) is 16.3 Å². The number of nitrogens with one attached hydrogen (secondary N) is 2. The van der Waals surface area contributed by atoms with Crippen LogP contribution >= 0.6 is 0 Å². The molecule has 0 unspecified atom stereocenters. The molecule has 2 N–H and O–H groups in total. The van der Waals surface area contributed by atoms with Gasteiger partial charge in [0, 0.05) is 5.69 Å². The normalized spacial score (nSPS) is 14.1. The number of anilines is 2. The van der Waals surface area contributed by atoms with Crippen molar-refractivity contribution in [2.45, 2.75) is 36.5 Å². The second-order valence-electron chi connectivity index (χ2n) is 6.92. The van der Waals surface area contributed by atoms with E-state index in [0.29, 0.717) is 11.6 Å². The van der Waals surface area contributed by atoms with Gasteiger partial charge in [-0.2, -0.15) is 0 Å². The van der Waals surface area contributed by atoms with Crippen molar-refractivity contribution >= 4 is 37.1 Å². The second-order valence-corrected chi connectivity index (χ2v) is 10.8. The van der Waals surface area contributed by atoms with Gasteiger partial charge in [-0.05, 0) is 35.7 Å². The van der Waals surface area contributed by atoms with Crippen molar-refractivity contribution in [3.63, 3.8) is 0 Å². The Bertz CT molecular complexity index is 1150. The molecular weight excluding hydrogens is 416 g/mol. The molecule has 8 nitrogen and oxygen atoms in total. The summed E-state index contributed by atoms with van der Waals surface area (Å²) in [6, 6.07) is 9.16. The van der Waals surface area contributed by atoms with Crippen LogP contribution in [0.4, 0.5) is 11.4 Å². The molecule has 0 saturated carbocycles. The molecule has 29 heavy (non-hydrogen) atoms. The third-order valence-electron chi connectivity index (χ3n) is 4.51. The lowest BCUT2D eigenvalue weighted by Gasteiger charge is -2.22. The summed E-state index contributed by atoms with van der Waals surface area (Å²) in [4.78, 5) is 11.1. The van der Waals surface area contributed by atoms with Gasteiger partial charge in [0.1, 0.15) is 4.90 Å². The van der Waals surface area contributed by atoms with Crippen LogP contribution in [0.5, 0.6) is 5.75 Å². The number of rotatable bonds is 6. The zero-order chi connectivity index (χ0) is 21.4. The molecule has 0 aliphatic carbocycles. The van der Waals surface area contributed by atoms with Crippen molar-refractivity contribution in [1.82, 2.24) is 0 Å². The lowest BCUT2D eigenvalue weighted by Crippen LogP contribution is -2.27. The van der Waals surface area contributed by atoms with E-state index >= 15 is 0 Å². The van der Waals surface area contributed by atoms with Crippen LogP contribution in [-0.4, -0.2) is 35.1 Å². The molecule has 0 spiro atoms. The first kappa shape index (κ1) is 21.1. The van der Waals surface area contributed by atoms with E-state index in [1.54, 1.807) is 12.1 Å². The highest BCUT2D eigenvalue weighted by molar-refractivity contribution is 7.93. The lowest BCUT2D eigenvalue weighted by atomic mass is 10.0. The topological polar surface area (TPSA) is 119 Å². The summed E-state index contributed by atoms with van der Waals surface area (Å²) in [6.45, 7) is 5.14. The van der Waals surface area contributed by atoms with Gasteiger partial charge in [0.2, 0.25) is 0 Å². The number of sulfonamides is 1. The highest BCUT2D eigenvalue weighted by Gasteiger charge is 2.30. The first-order valence-corrected chi connectivity index (χ1v) is 12.1. The Balaban J connectivity index is 2.09. The SMILES string of the molecule is CCS(=O)(=O)c1cc2c(c(S(=O)(=O)Nc3ccc(C(C)C)cc3)c1)OCC(=O)N2. The van der Waals surface area contributed by atoms with Crippen LogP contribution in [0.15, 0.2) is 46.2 Å². The van der Waals surface area contributed by atoms with Crippen LogP contribution in [0.1, 0.15) is 32.3 Å². The molecule has 10 heteroatoms. The number of amides is 1. The standard InChI is InChI=1S/C19H22N2O6S2/c1-4-28(23,24)15-9-16-19(27-11-18(22)20-16)17(10-15)29(25,26)21-14-7-5-13(6-8-14)12(2)3/h5-10,12,21H,4,11H2,1-3H3,(H,20,22). The third-order valence-corrected chi connectivity index (χ3v) is 7.61. The predicted molar refractivity (Wildman–Crippen MR) is 110 cm³/mol. The van der Waals surface area contributed by atoms with Crippen molar-refractivity contribution in [2.24, 2.45) is 0 Å². The zero-order valence-electron chi connectivity index (χ0n) is 16.2. The van der Waals surface area contributed by atoms with Crippen molar-refractivity contribution in [1.29, 1.82) is 0 Å². The van der Waals surface area contributed by atoms with Gasteiger partial charge in [0.15, 0.2) is 22.2 Å². The van der Waals surface area contributed by atoms with Gasteiger partial charge >= 0.3 is 0 Å². The molecule has 156 valence electrons. The molecule has 0 radical (unpaired) electrons. The van der Waals surface area contributed by atoms with E-state index in [1.807, 2.05) is 26.0 Å². The molecule has 0 aromatic heterocycles. The highest BCUT2D eigenvalue weighted by atomic mass is 32.2. The molecular formula is C19H22N2O6S2. The summed E-state index contributed by atoms with van der Waals surface area (Å²) in [5.41, 5.74) is 1.38.